The topological polar surface area (TPSA) is 47.7 Å². The summed E-state index contributed by atoms with van der Waals surface area (Å²) >= 11 is 2.02. The molecule has 2 aliphatic heterocycles. The van der Waals surface area contributed by atoms with Crippen LogP contribution in [0.1, 0.15) is 30.9 Å². The highest BCUT2D eigenvalue weighted by Gasteiger charge is 2.32. The number of methoxy groups -OCH3 is 1. The van der Waals surface area contributed by atoms with Crippen LogP contribution in [0.25, 0.3) is 0 Å². The maximum absolute atomic E-state index is 6.28. The predicted octanol–water partition coefficient (Wildman–Crippen LogP) is 2.92. The molecule has 23 heavy (non-hydrogen) atoms. The zero-order chi connectivity index (χ0) is 16.2. The van der Waals surface area contributed by atoms with E-state index in [1.165, 1.54) is 17.1 Å². The van der Waals surface area contributed by atoms with E-state index >= 15 is 0 Å². The smallest absolute Gasteiger partial charge is 0.165 e. The molecule has 0 saturated carbocycles. The first-order chi connectivity index (χ1) is 11.2. The molecule has 3 rings (SSSR count). The van der Waals surface area contributed by atoms with Crippen LogP contribution in [0.3, 0.4) is 0 Å². The van der Waals surface area contributed by atoms with Gasteiger partial charge in [-0.25, -0.2) is 0 Å². The Kier molecular flexibility index (Phi) is 5.72. The number of para-hydroxylation sites is 1. The molecule has 4 nitrogen and oxygen atoms in total. The number of nitrogens with two attached hydrogens (primary N) is 1. The molecule has 2 unspecified atom stereocenters. The van der Waals surface area contributed by atoms with Gasteiger partial charge in [0.05, 0.1) is 7.11 Å². The Morgan fingerprint density at radius 1 is 1.30 bits per heavy atom. The minimum Gasteiger partial charge on any atom is -0.493 e. The van der Waals surface area contributed by atoms with Crippen LogP contribution in [-0.4, -0.2) is 49.8 Å². The van der Waals surface area contributed by atoms with Crippen molar-refractivity contribution in [2.24, 2.45) is 11.7 Å². The average Bonchev–Trinajstić information content (AvgIpc) is 2.96. The number of rotatable bonds is 5. The van der Waals surface area contributed by atoms with E-state index in [-0.39, 0.29) is 0 Å². The molecule has 2 fully saturated rings. The largest absolute Gasteiger partial charge is 0.493 e. The molecule has 0 aliphatic carbocycles. The highest BCUT2D eigenvalue weighted by atomic mass is 32.2. The van der Waals surface area contributed by atoms with Crippen LogP contribution < -0.4 is 15.2 Å². The van der Waals surface area contributed by atoms with Gasteiger partial charge in [-0.15, -0.1) is 0 Å². The van der Waals surface area contributed by atoms with Gasteiger partial charge in [0.25, 0.3) is 0 Å². The molecular formula is C18H28N2O2S. The van der Waals surface area contributed by atoms with E-state index < -0.39 is 0 Å². The van der Waals surface area contributed by atoms with Crippen molar-refractivity contribution in [1.29, 1.82) is 0 Å². The lowest BCUT2D eigenvalue weighted by Gasteiger charge is -2.26. The van der Waals surface area contributed by atoms with Gasteiger partial charge in [0, 0.05) is 18.2 Å². The number of thioether (sulfide) groups is 1. The molecule has 0 bridgehead atoms. The molecule has 5 heteroatoms. The first kappa shape index (κ1) is 16.9. The first-order valence-electron chi connectivity index (χ1n) is 8.54. The van der Waals surface area contributed by atoms with Crippen molar-refractivity contribution in [2.45, 2.75) is 31.4 Å². The molecule has 2 heterocycles. The van der Waals surface area contributed by atoms with Crippen LogP contribution in [0.4, 0.5) is 0 Å². The van der Waals surface area contributed by atoms with E-state index in [1.807, 2.05) is 17.8 Å². The van der Waals surface area contributed by atoms with Crippen LogP contribution >= 0.6 is 11.8 Å². The summed E-state index contributed by atoms with van der Waals surface area (Å²) in [4.78, 5) is 2.39. The van der Waals surface area contributed by atoms with Crippen molar-refractivity contribution in [3.8, 4) is 11.5 Å². The van der Waals surface area contributed by atoms with Crippen molar-refractivity contribution in [3.63, 3.8) is 0 Å². The Bertz CT molecular complexity index is 520. The summed E-state index contributed by atoms with van der Waals surface area (Å²) < 4.78 is 12.0. The summed E-state index contributed by atoms with van der Waals surface area (Å²) in [6.45, 7) is 1.80. The number of ether oxygens (including phenoxy) is 2. The Balaban J connectivity index is 1.82. The Morgan fingerprint density at radius 3 is 2.74 bits per heavy atom. The van der Waals surface area contributed by atoms with Crippen LogP contribution in [0.2, 0.25) is 0 Å². The minimum atomic E-state index is 0.318. The fourth-order valence-corrected chi connectivity index (χ4v) is 4.78. The summed E-state index contributed by atoms with van der Waals surface area (Å²) in [5.41, 5.74) is 7.11. The summed E-state index contributed by atoms with van der Waals surface area (Å²) in [6.07, 6.45) is 3.65. The number of nitrogens with zero attached hydrogens (tertiary/aromatic N) is 1. The molecule has 2 atom stereocenters. The average molecular weight is 337 g/mol. The molecule has 1 aromatic rings. The SMILES string of the molecule is COc1c(OC2CCSCC2)cccc1C1CC(CN)CN1C. The number of benzene rings is 1. The number of likely N-dealkylation sites (tertiary alicyclic amines) is 1. The lowest BCUT2D eigenvalue weighted by Crippen LogP contribution is -2.23. The lowest BCUT2D eigenvalue weighted by molar-refractivity contribution is 0.183. The molecule has 0 radical (unpaired) electrons. The zero-order valence-corrected chi connectivity index (χ0v) is 15.0. The quantitative estimate of drug-likeness (QED) is 0.896. The third kappa shape index (κ3) is 3.78. The van der Waals surface area contributed by atoms with E-state index in [2.05, 4.69) is 24.1 Å². The summed E-state index contributed by atoms with van der Waals surface area (Å²) in [5, 5.41) is 0. The Labute approximate surface area is 143 Å². The number of hydrogen-bond donors (Lipinski definition) is 1. The maximum atomic E-state index is 6.28. The third-order valence-electron chi connectivity index (χ3n) is 5.00. The van der Waals surface area contributed by atoms with Crippen LogP contribution in [0.15, 0.2) is 18.2 Å². The van der Waals surface area contributed by atoms with E-state index in [4.69, 9.17) is 15.2 Å². The van der Waals surface area contributed by atoms with E-state index in [0.717, 1.165) is 43.9 Å². The molecule has 0 amide bonds. The second-order valence-corrected chi connectivity index (χ2v) is 7.83. The third-order valence-corrected chi connectivity index (χ3v) is 6.05. The molecule has 2 aliphatic rings. The highest BCUT2D eigenvalue weighted by Crippen LogP contribution is 2.42. The van der Waals surface area contributed by atoms with Crippen LogP contribution in [0, 0.1) is 5.92 Å². The second kappa shape index (κ2) is 7.77. The standard InChI is InChI=1S/C18H28N2O2S/c1-20-12-13(11-19)10-16(20)15-4-3-5-17(18(15)21-2)22-14-6-8-23-9-7-14/h3-5,13-14,16H,6-12,19H2,1-2H3. The van der Waals surface area contributed by atoms with E-state index in [1.54, 1.807) is 7.11 Å². The molecule has 2 N–H and O–H groups in total. The molecule has 1 aromatic carbocycles. The van der Waals surface area contributed by atoms with Gasteiger partial charge in [0.1, 0.15) is 6.10 Å². The van der Waals surface area contributed by atoms with Crippen LogP contribution in [0.5, 0.6) is 11.5 Å². The van der Waals surface area contributed by atoms with E-state index in [9.17, 15) is 0 Å². The molecule has 0 aromatic heterocycles. The second-order valence-electron chi connectivity index (χ2n) is 6.60. The highest BCUT2D eigenvalue weighted by molar-refractivity contribution is 7.99. The van der Waals surface area contributed by atoms with Crippen LogP contribution in [-0.2, 0) is 0 Å². The van der Waals surface area contributed by atoms with Crippen molar-refractivity contribution < 1.29 is 9.47 Å². The molecule has 128 valence electrons. The van der Waals surface area contributed by atoms with Crippen molar-refractivity contribution in [2.75, 3.05) is 38.8 Å². The Hall–Kier alpha value is -0.910. The van der Waals surface area contributed by atoms with Gasteiger partial charge in [0.15, 0.2) is 11.5 Å². The van der Waals surface area contributed by atoms with Crippen molar-refractivity contribution >= 4 is 11.8 Å². The van der Waals surface area contributed by atoms with Gasteiger partial charge in [-0.05, 0) is 56.3 Å². The summed E-state index contributed by atoms with van der Waals surface area (Å²) in [6, 6.07) is 6.67. The monoisotopic (exact) mass is 336 g/mol. The van der Waals surface area contributed by atoms with Gasteiger partial charge >= 0.3 is 0 Å². The van der Waals surface area contributed by atoms with Crippen molar-refractivity contribution in [3.05, 3.63) is 23.8 Å². The number of hydrogen-bond acceptors (Lipinski definition) is 5. The zero-order valence-electron chi connectivity index (χ0n) is 14.2. The summed E-state index contributed by atoms with van der Waals surface area (Å²) in [7, 11) is 3.92. The van der Waals surface area contributed by atoms with Gasteiger partial charge < -0.3 is 15.2 Å². The fraction of sp³-hybridized carbons (Fsp3) is 0.667. The first-order valence-corrected chi connectivity index (χ1v) is 9.70. The Morgan fingerprint density at radius 2 is 2.09 bits per heavy atom. The van der Waals surface area contributed by atoms with Gasteiger partial charge in [-0.1, -0.05) is 12.1 Å². The molecular weight excluding hydrogens is 308 g/mol. The summed E-state index contributed by atoms with van der Waals surface area (Å²) in [5.74, 6) is 4.74. The fourth-order valence-electron chi connectivity index (χ4n) is 3.72. The van der Waals surface area contributed by atoms with Gasteiger partial charge in [0.2, 0.25) is 0 Å². The van der Waals surface area contributed by atoms with Gasteiger partial charge in [-0.3, -0.25) is 4.90 Å². The van der Waals surface area contributed by atoms with Gasteiger partial charge in [-0.2, -0.15) is 11.8 Å². The minimum absolute atomic E-state index is 0.318. The van der Waals surface area contributed by atoms with E-state index in [0.29, 0.717) is 18.1 Å². The normalized spacial score (nSPS) is 26.4. The maximum Gasteiger partial charge on any atom is 0.165 e. The molecule has 2 saturated heterocycles. The van der Waals surface area contributed by atoms with Crippen molar-refractivity contribution in [1.82, 2.24) is 4.90 Å². The predicted molar refractivity (Wildman–Crippen MR) is 96.5 cm³/mol. The lowest BCUT2D eigenvalue weighted by atomic mass is 9.98. The molecule has 0 spiro atoms.